The maximum absolute atomic E-state index is 5.91. The molecule has 118 valence electrons. The minimum Gasteiger partial charge on any atom is -0.493 e. The van der Waals surface area contributed by atoms with Gasteiger partial charge in [-0.3, -0.25) is 4.90 Å². The van der Waals surface area contributed by atoms with Gasteiger partial charge in [-0.2, -0.15) is 0 Å². The molecule has 1 aromatic rings. The normalized spacial score (nSPS) is 23.0. The number of nitrogens with one attached hydrogen (secondary N) is 1. The van der Waals surface area contributed by atoms with Crippen LogP contribution in [0.15, 0.2) is 24.3 Å². The third kappa shape index (κ3) is 4.35. The zero-order valence-corrected chi connectivity index (χ0v) is 13.5. The van der Waals surface area contributed by atoms with E-state index in [-0.39, 0.29) is 0 Å². The Morgan fingerprint density at radius 2 is 1.95 bits per heavy atom. The third-order valence-corrected chi connectivity index (χ3v) is 4.28. The number of benzene rings is 1. The van der Waals surface area contributed by atoms with Crippen LogP contribution in [0.1, 0.15) is 26.7 Å². The number of methoxy groups -OCH3 is 1. The molecule has 1 aliphatic heterocycles. The van der Waals surface area contributed by atoms with Crippen molar-refractivity contribution in [3.8, 4) is 11.5 Å². The largest absolute Gasteiger partial charge is 0.493 e. The Bertz CT molecular complexity index is 425. The zero-order valence-electron chi connectivity index (χ0n) is 13.5. The number of hydrogen-bond donors (Lipinski definition) is 1. The fourth-order valence-corrected chi connectivity index (χ4v) is 2.89. The van der Waals surface area contributed by atoms with Gasteiger partial charge in [0, 0.05) is 31.7 Å². The minimum absolute atomic E-state index is 0.610. The maximum Gasteiger partial charge on any atom is 0.161 e. The van der Waals surface area contributed by atoms with Gasteiger partial charge in [-0.25, -0.2) is 0 Å². The van der Waals surface area contributed by atoms with E-state index in [9.17, 15) is 0 Å². The van der Waals surface area contributed by atoms with Crippen molar-refractivity contribution in [2.24, 2.45) is 0 Å². The second-order valence-electron chi connectivity index (χ2n) is 5.57. The predicted molar refractivity (Wildman–Crippen MR) is 86.2 cm³/mol. The summed E-state index contributed by atoms with van der Waals surface area (Å²) in [6.07, 6.45) is 2.36. The second kappa shape index (κ2) is 8.25. The minimum atomic E-state index is 0.610. The molecule has 1 aliphatic rings. The molecule has 0 bridgehead atoms. The number of hydrogen-bond acceptors (Lipinski definition) is 4. The van der Waals surface area contributed by atoms with Crippen molar-refractivity contribution in [3.05, 3.63) is 24.3 Å². The molecule has 0 saturated carbocycles. The van der Waals surface area contributed by atoms with Gasteiger partial charge in [-0.15, -0.1) is 0 Å². The molecule has 2 atom stereocenters. The number of nitrogens with zero attached hydrogens (tertiary/aromatic N) is 1. The third-order valence-electron chi connectivity index (χ3n) is 4.28. The van der Waals surface area contributed by atoms with Crippen molar-refractivity contribution in [2.45, 2.75) is 38.8 Å². The first-order chi connectivity index (χ1) is 10.3. The van der Waals surface area contributed by atoms with Crippen LogP contribution in [-0.2, 0) is 0 Å². The van der Waals surface area contributed by atoms with Gasteiger partial charge in [-0.1, -0.05) is 26.0 Å². The highest BCUT2D eigenvalue weighted by atomic mass is 16.5. The highest BCUT2D eigenvalue weighted by molar-refractivity contribution is 5.39. The number of piperazine rings is 1. The quantitative estimate of drug-likeness (QED) is 0.837. The van der Waals surface area contributed by atoms with E-state index < -0.39 is 0 Å². The molecule has 0 radical (unpaired) electrons. The van der Waals surface area contributed by atoms with Gasteiger partial charge in [0.2, 0.25) is 0 Å². The molecular formula is C17H28N2O2. The van der Waals surface area contributed by atoms with Crippen molar-refractivity contribution in [2.75, 3.05) is 33.4 Å². The molecular weight excluding hydrogens is 264 g/mol. The van der Waals surface area contributed by atoms with Gasteiger partial charge in [0.15, 0.2) is 11.5 Å². The van der Waals surface area contributed by atoms with E-state index in [0.717, 1.165) is 31.1 Å². The van der Waals surface area contributed by atoms with Crippen LogP contribution < -0.4 is 14.8 Å². The second-order valence-corrected chi connectivity index (χ2v) is 5.57. The van der Waals surface area contributed by atoms with E-state index >= 15 is 0 Å². The van der Waals surface area contributed by atoms with Gasteiger partial charge in [0.1, 0.15) is 6.61 Å². The lowest BCUT2D eigenvalue weighted by Gasteiger charge is -2.39. The SMILES string of the molecule is CCC1CN(CCOc2ccccc2OC)C(CC)CN1. The summed E-state index contributed by atoms with van der Waals surface area (Å²) in [7, 11) is 1.68. The van der Waals surface area contributed by atoms with E-state index in [0.29, 0.717) is 18.7 Å². The predicted octanol–water partition coefficient (Wildman–Crippen LogP) is 2.54. The fraction of sp³-hybridized carbons (Fsp3) is 0.647. The van der Waals surface area contributed by atoms with Gasteiger partial charge >= 0.3 is 0 Å². The monoisotopic (exact) mass is 292 g/mol. The van der Waals surface area contributed by atoms with Crippen LogP contribution in [0.3, 0.4) is 0 Å². The highest BCUT2D eigenvalue weighted by Gasteiger charge is 2.25. The lowest BCUT2D eigenvalue weighted by molar-refractivity contribution is 0.104. The van der Waals surface area contributed by atoms with E-state index in [1.54, 1.807) is 7.11 Å². The Balaban J connectivity index is 1.86. The molecule has 21 heavy (non-hydrogen) atoms. The topological polar surface area (TPSA) is 33.7 Å². The van der Waals surface area contributed by atoms with Gasteiger partial charge in [-0.05, 0) is 25.0 Å². The number of rotatable bonds is 7. The van der Waals surface area contributed by atoms with Crippen LogP contribution in [0, 0.1) is 0 Å². The Kier molecular flexibility index (Phi) is 6.33. The lowest BCUT2D eigenvalue weighted by Crippen LogP contribution is -2.56. The summed E-state index contributed by atoms with van der Waals surface area (Å²) >= 11 is 0. The molecule has 1 fully saturated rings. The molecule has 0 amide bonds. The van der Waals surface area contributed by atoms with Gasteiger partial charge in [0.25, 0.3) is 0 Å². The maximum atomic E-state index is 5.91. The van der Waals surface area contributed by atoms with E-state index in [1.165, 1.54) is 12.8 Å². The first kappa shape index (κ1) is 16.1. The van der Waals surface area contributed by atoms with Crippen LogP contribution in [0.5, 0.6) is 11.5 Å². The summed E-state index contributed by atoms with van der Waals surface area (Å²) in [6.45, 7) is 8.37. The standard InChI is InChI=1S/C17H28N2O2/c1-4-14-13-19(15(5-2)12-18-14)10-11-21-17-9-7-6-8-16(17)20-3/h6-9,14-15,18H,4-5,10-13H2,1-3H3. The first-order valence-corrected chi connectivity index (χ1v) is 8.01. The molecule has 4 nitrogen and oxygen atoms in total. The molecule has 1 saturated heterocycles. The Labute approximate surface area is 128 Å². The summed E-state index contributed by atoms with van der Waals surface area (Å²) in [5.74, 6) is 1.63. The molecule has 4 heteroatoms. The number of ether oxygens (including phenoxy) is 2. The van der Waals surface area contributed by atoms with Gasteiger partial charge < -0.3 is 14.8 Å². The van der Waals surface area contributed by atoms with Crippen molar-refractivity contribution in [1.29, 1.82) is 0 Å². The smallest absolute Gasteiger partial charge is 0.161 e. The molecule has 1 N–H and O–H groups in total. The summed E-state index contributed by atoms with van der Waals surface area (Å²) in [5, 5.41) is 3.62. The van der Waals surface area contributed by atoms with Crippen LogP contribution in [0.4, 0.5) is 0 Å². The molecule has 2 unspecified atom stereocenters. The highest BCUT2D eigenvalue weighted by Crippen LogP contribution is 2.25. The zero-order chi connectivity index (χ0) is 15.1. The Morgan fingerprint density at radius 1 is 1.19 bits per heavy atom. The lowest BCUT2D eigenvalue weighted by atomic mass is 10.1. The van der Waals surface area contributed by atoms with E-state index in [1.807, 2.05) is 24.3 Å². The van der Waals surface area contributed by atoms with E-state index in [4.69, 9.17) is 9.47 Å². The molecule has 2 rings (SSSR count). The summed E-state index contributed by atoms with van der Waals surface area (Å²) in [6, 6.07) is 9.06. The molecule has 1 aromatic carbocycles. The first-order valence-electron chi connectivity index (χ1n) is 8.01. The van der Waals surface area contributed by atoms with Crippen LogP contribution >= 0.6 is 0 Å². The van der Waals surface area contributed by atoms with Crippen LogP contribution in [0.25, 0.3) is 0 Å². The molecule has 0 aliphatic carbocycles. The molecule has 0 spiro atoms. The van der Waals surface area contributed by atoms with Crippen molar-refractivity contribution in [1.82, 2.24) is 10.2 Å². The summed E-state index contributed by atoms with van der Waals surface area (Å²) in [5.41, 5.74) is 0. The summed E-state index contributed by atoms with van der Waals surface area (Å²) < 4.78 is 11.2. The van der Waals surface area contributed by atoms with E-state index in [2.05, 4.69) is 24.1 Å². The van der Waals surface area contributed by atoms with Crippen LogP contribution in [-0.4, -0.2) is 50.3 Å². The van der Waals surface area contributed by atoms with Gasteiger partial charge in [0.05, 0.1) is 7.11 Å². The van der Waals surface area contributed by atoms with Crippen molar-refractivity contribution >= 4 is 0 Å². The Hall–Kier alpha value is -1.26. The Morgan fingerprint density at radius 3 is 2.62 bits per heavy atom. The van der Waals surface area contributed by atoms with Crippen molar-refractivity contribution < 1.29 is 9.47 Å². The summed E-state index contributed by atoms with van der Waals surface area (Å²) in [4.78, 5) is 2.56. The van der Waals surface area contributed by atoms with Crippen molar-refractivity contribution in [3.63, 3.8) is 0 Å². The average molecular weight is 292 g/mol. The van der Waals surface area contributed by atoms with Crippen LogP contribution in [0.2, 0.25) is 0 Å². The molecule has 1 heterocycles. The molecule has 0 aromatic heterocycles. The number of para-hydroxylation sites is 2. The average Bonchev–Trinajstić information content (AvgIpc) is 2.55. The fourth-order valence-electron chi connectivity index (χ4n) is 2.89.